The normalized spacial score (nSPS) is 23.7. The number of carbonyl (C=O) groups excluding carboxylic acids is 1. The molecule has 0 aromatic carbocycles. The summed E-state index contributed by atoms with van der Waals surface area (Å²) in [5, 5.41) is 0. The third kappa shape index (κ3) is 5.70. The molecule has 3 rings (SSSR count). The van der Waals surface area contributed by atoms with Crippen LogP contribution >= 0.6 is 24.0 Å². The van der Waals surface area contributed by atoms with Gasteiger partial charge in [0, 0.05) is 37.9 Å². The van der Waals surface area contributed by atoms with Crippen molar-refractivity contribution in [2.75, 3.05) is 31.1 Å². The number of nitrogens with two attached hydrogens (primary N) is 2. The molecule has 150 valence electrons. The van der Waals surface area contributed by atoms with E-state index in [-0.39, 0.29) is 35.8 Å². The van der Waals surface area contributed by atoms with Gasteiger partial charge in [0.1, 0.15) is 5.82 Å². The molecule has 27 heavy (non-hydrogen) atoms. The fraction of sp³-hybridized carbons (Fsp3) is 0.632. The van der Waals surface area contributed by atoms with Gasteiger partial charge in [0.05, 0.1) is 12.5 Å². The molecule has 1 aromatic heterocycles. The molecule has 2 fully saturated rings. The van der Waals surface area contributed by atoms with E-state index in [9.17, 15) is 4.79 Å². The minimum absolute atomic E-state index is 0. The Morgan fingerprint density at radius 2 is 2.04 bits per heavy atom. The van der Waals surface area contributed by atoms with Gasteiger partial charge in [-0.2, -0.15) is 0 Å². The molecule has 0 radical (unpaired) electrons. The van der Waals surface area contributed by atoms with Crippen molar-refractivity contribution in [3.05, 3.63) is 23.9 Å². The Labute approximate surface area is 178 Å². The number of halogens is 1. The number of aromatic nitrogens is 1. The second-order valence-corrected chi connectivity index (χ2v) is 7.54. The maximum atomic E-state index is 11.6. The lowest BCUT2D eigenvalue weighted by Gasteiger charge is -2.33. The first-order valence-electron chi connectivity index (χ1n) is 9.57. The zero-order valence-electron chi connectivity index (χ0n) is 16.0. The summed E-state index contributed by atoms with van der Waals surface area (Å²) < 4.78 is 0. The molecular formula is C19H31IN6O. The maximum absolute atomic E-state index is 11.6. The lowest BCUT2D eigenvalue weighted by atomic mass is 9.97. The summed E-state index contributed by atoms with van der Waals surface area (Å²) in [6.07, 6.45) is 6.00. The highest BCUT2D eigenvalue weighted by molar-refractivity contribution is 14.0. The lowest BCUT2D eigenvalue weighted by molar-refractivity contribution is -0.122. The minimum Gasteiger partial charge on any atom is -0.370 e. The molecule has 2 atom stereocenters. The average Bonchev–Trinajstić information content (AvgIpc) is 2.66. The molecule has 0 saturated carbocycles. The van der Waals surface area contributed by atoms with Crippen LogP contribution in [-0.4, -0.2) is 47.9 Å². The highest BCUT2D eigenvalue weighted by Gasteiger charge is 2.26. The predicted octanol–water partition coefficient (Wildman–Crippen LogP) is 1.95. The fourth-order valence-corrected chi connectivity index (χ4v) is 3.90. The minimum atomic E-state index is -0.228. The molecule has 2 aliphatic heterocycles. The third-order valence-corrected chi connectivity index (χ3v) is 5.38. The van der Waals surface area contributed by atoms with E-state index in [2.05, 4.69) is 26.7 Å². The maximum Gasteiger partial charge on any atom is 0.222 e. The van der Waals surface area contributed by atoms with Gasteiger partial charge in [-0.3, -0.25) is 4.79 Å². The smallest absolute Gasteiger partial charge is 0.222 e. The van der Waals surface area contributed by atoms with Crippen molar-refractivity contribution < 1.29 is 4.79 Å². The summed E-state index contributed by atoms with van der Waals surface area (Å²) in [5.74, 6) is 1.82. The number of piperidine rings is 2. The van der Waals surface area contributed by atoms with Crippen LogP contribution < -0.4 is 16.4 Å². The van der Waals surface area contributed by atoms with E-state index in [0.29, 0.717) is 25.0 Å². The van der Waals surface area contributed by atoms with Crippen LogP contribution in [0.4, 0.5) is 5.82 Å². The van der Waals surface area contributed by atoms with E-state index in [1.807, 2.05) is 12.1 Å². The number of pyridine rings is 1. The van der Waals surface area contributed by atoms with E-state index in [4.69, 9.17) is 11.5 Å². The van der Waals surface area contributed by atoms with E-state index in [0.717, 1.165) is 50.3 Å². The Hall–Kier alpha value is -1.58. The largest absolute Gasteiger partial charge is 0.370 e. The first-order valence-corrected chi connectivity index (χ1v) is 9.57. The van der Waals surface area contributed by atoms with Gasteiger partial charge < -0.3 is 21.3 Å². The zero-order valence-corrected chi connectivity index (χ0v) is 18.3. The monoisotopic (exact) mass is 486 g/mol. The molecule has 2 saturated heterocycles. The zero-order chi connectivity index (χ0) is 18.5. The molecule has 2 aliphatic rings. The second kappa shape index (κ2) is 10.1. The SMILES string of the molecule is CC1CCCN(C(N)=NCc2cccnc2N2CCCC(C(N)=O)C2)C1.I. The van der Waals surface area contributed by atoms with Gasteiger partial charge in [-0.1, -0.05) is 13.0 Å². The fourth-order valence-electron chi connectivity index (χ4n) is 3.90. The summed E-state index contributed by atoms with van der Waals surface area (Å²) in [4.78, 5) is 25.1. The number of hydrogen-bond donors (Lipinski definition) is 2. The van der Waals surface area contributed by atoms with Crippen LogP contribution in [-0.2, 0) is 11.3 Å². The van der Waals surface area contributed by atoms with Crippen LogP contribution in [0.2, 0.25) is 0 Å². The van der Waals surface area contributed by atoms with Crippen molar-refractivity contribution in [1.29, 1.82) is 0 Å². The summed E-state index contributed by atoms with van der Waals surface area (Å²) in [6, 6.07) is 3.95. The number of amides is 1. The van der Waals surface area contributed by atoms with E-state index < -0.39 is 0 Å². The summed E-state index contributed by atoms with van der Waals surface area (Å²) >= 11 is 0. The van der Waals surface area contributed by atoms with Gasteiger partial charge >= 0.3 is 0 Å². The molecule has 0 spiro atoms. The molecule has 1 aromatic rings. The molecule has 0 aliphatic carbocycles. The lowest BCUT2D eigenvalue weighted by Crippen LogP contribution is -2.43. The molecule has 4 N–H and O–H groups in total. The van der Waals surface area contributed by atoms with E-state index in [1.165, 1.54) is 6.42 Å². The van der Waals surface area contributed by atoms with Gasteiger partial charge in [0.15, 0.2) is 5.96 Å². The van der Waals surface area contributed by atoms with Crippen molar-refractivity contribution >= 4 is 41.7 Å². The first-order chi connectivity index (χ1) is 12.5. The quantitative estimate of drug-likeness (QED) is 0.385. The molecule has 0 bridgehead atoms. The van der Waals surface area contributed by atoms with Crippen molar-refractivity contribution in [2.24, 2.45) is 28.3 Å². The summed E-state index contributed by atoms with van der Waals surface area (Å²) in [5.41, 5.74) is 12.8. The van der Waals surface area contributed by atoms with E-state index in [1.54, 1.807) is 6.20 Å². The highest BCUT2D eigenvalue weighted by atomic mass is 127. The second-order valence-electron chi connectivity index (χ2n) is 7.54. The molecule has 7 nitrogen and oxygen atoms in total. The van der Waals surface area contributed by atoms with Crippen molar-refractivity contribution in [2.45, 2.75) is 39.2 Å². The van der Waals surface area contributed by atoms with Crippen LogP contribution in [0.5, 0.6) is 0 Å². The number of guanidine groups is 1. The van der Waals surface area contributed by atoms with Gasteiger partial charge in [-0.25, -0.2) is 9.98 Å². The molecule has 2 unspecified atom stereocenters. The predicted molar refractivity (Wildman–Crippen MR) is 119 cm³/mol. The number of nitrogens with zero attached hydrogens (tertiary/aromatic N) is 4. The summed E-state index contributed by atoms with van der Waals surface area (Å²) in [7, 11) is 0. The van der Waals surface area contributed by atoms with Crippen LogP contribution in [0.25, 0.3) is 0 Å². The topological polar surface area (TPSA) is 101 Å². The van der Waals surface area contributed by atoms with Crippen molar-refractivity contribution in [1.82, 2.24) is 9.88 Å². The summed E-state index contributed by atoms with van der Waals surface area (Å²) in [6.45, 7) is 6.22. The first kappa shape index (κ1) is 21.7. The van der Waals surface area contributed by atoms with Gasteiger partial charge in [0.2, 0.25) is 5.91 Å². The van der Waals surface area contributed by atoms with Crippen molar-refractivity contribution in [3.63, 3.8) is 0 Å². The number of anilines is 1. The van der Waals surface area contributed by atoms with Crippen LogP contribution in [0.3, 0.4) is 0 Å². The highest BCUT2D eigenvalue weighted by Crippen LogP contribution is 2.25. The molecular weight excluding hydrogens is 455 g/mol. The van der Waals surface area contributed by atoms with Crippen LogP contribution in [0.1, 0.15) is 38.2 Å². The van der Waals surface area contributed by atoms with Gasteiger partial charge in [0.25, 0.3) is 0 Å². The molecule has 1 amide bonds. The Kier molecular flexibility index (Phi) is 8.12. The average molecular weight is 486 g/mol. The molecule has 3 heterocycles. The number of rotatable bonds is 4. The number of likely N-dealkylation sites (tertiary alicyclic amines) is 1. The Morgan fingerprint density at radius 1 is 1.26 bits per heavy atom. The number of hydrogen-bond acceptors (Lipinski definition) is 4. The van der Waals surface area contributed by atoms with Gasteiger partial charge in [-0.15, -0.1) is 24.0 Å². The number of carbonyl (C=O) groups is 1. The van der Waals surface area contributed by atoms with E-state index >= 15 is 0 Å². The number of aliphatic imine (C=N–C) groups is 1. The Balaban J connectivity index is 0.00000261. The van der Waals surface area contributed by atoms with Gasteiger partial charge in [-0.05, 0) is 37.7 Å². The number of primary amides is 1. The van der Waals surface area contributed by atoms with Crippen LogP contribution in [0.15, 0.2) is 23.3 Å². The third-order valence-electron chi connectivity index (χ3n) is 5.38. The molecule has 8 heteroatoms. The van der Waals surface area contributed by atoms with Crippen LogP contribution in [0, 0.1) is 11.8 Å². The Morgan fingerprint density at radius 3 is 2.78 bits per heavy atom. The van der Waals surface area contributed by atoms with Crippen molar-refractivity contribution in [3.8, 4) is 0 Å². The standard InChI is InChI=1S/C19H30N6O.HI/c1-14-5-3-10-25(12-14)19(21)23-11-15-6-2-8-22-18(15)24-9-4-7-16(13-24)17(20)26;/h2,6,8,14,16H,3-5,7,9-13H2,1H3,(H2,20,26)(H2,21,23);1H. The Bertz CT molecular complexity index is 667.